The average molecular weight is 282 g/mol. The van der Waals surface area contributed by atoms with E-state index in [4.69, 9.17) is 0 Å². The molecule has 0 bridgehead atoms. The Kier molecular flexibility index (Phi) is 4.27. The van der Waals surface area contributed by atoms with E-state index in [0.29, 0.717) is 10.5 Å². The van der Waals surface area contributed by atoms with Crippen molar-refractivity contribution in [2.75, 3.05) is 5.75 Å². The van der Waals surface area contributed by atoms with Gasteiger partial charge in [0.25, 0.3) is 0 Å². The normalized spacial score (nSPS) is 10.5. The molecule has 0 unspecified atom stereocenters. The molecule has 2 aromatic carbocycles. The minimum Gasteiger partial charge on any atom is -0.293 e. The highest BCUT2D eigenvalue weighted by molar-refractivity contribution is 8.00. The molecule has 0 atom stereocenters. The molecule has 0 aliphatic carbocycles. The third-order valence-corrected chi connectivity index (χ3v) is 3.42. The van der Waals surface area contributed by atoms with E-state index in [9.17, 15) is 18.0 Å². The standard InChI is InChI=1S/C14H9F3OS/c15-10-3-1-9(2-4-10)14(18)8-19-11-5-6-12(16)13(17)7-11/h1-7H,8H2. The van der Waals surface area contributed by atoms with Crippen LogP contribution in [0.1, 0.15) is 10.4 Å². The van der Waals surface area contributed by atoms with Crippen LogP contribution in [-0.2, 0) is 0 Å². The van der Waals surface area contributed by atoms with Crippen LogP contribution in [0.2, 0.25) is 0 Å². The highest BCUT2D eigenvalue weighted by atomic mass is 32.2. The summed E-state index contributed by atoms with van der Waals surface area (Å²) in [4.78, 5) is 12.2. The van der Waals surface area contributed by atoms with Crippen molar-refractivity contribution in [2.45, 2.75) is 4.90 Å². The van der Waals surface area contributed by atoms with E-state index < -0.39 is 17.5 Å². The van der Waals surface area contributed by atoms with E-state index >= 15 is 0 Å². The molecule has 1 nitrogen and oxygen atoms in total. The van der Waals surface area contributed by atoms with Crippen molar-refractivity contribution in [1.82, 2.24) is 0 Å². The lowest BCUT2D eigenvalue weighted by Crippen LogP contribution is -2.02. The van der Waals surface area contributed by atoms with E-state index in [1.165, 1.54) is 30.3 Å². The van der Waals surface area contributed by atoms with Crippen molar-refractivity contribution in [3.8, 4) is 0 Å². The van der Waals surface area contributed by atoms with Crippen molar-refractivity contribution in [3.05, 3.63) is 65.5 Å². The minimum atomic E-state index is -0.945. The smallest absolute Gasteiger partial charge is 0.173 e. The maximum absolute atomic E-state index is 13.0. The molecular formula is C14H9F3OS. The second-order valence-corrected chi connectivity index (χ2v) is 4.84. The molecule has 2 rings (SSSR count). The quantitative estimate of drug-likeness (QED) is 0.621. The van der Waals surface area contributed by atoms with Gasteiger partial charge in [-0.2, -0.15) is 0 Å². The zero-order valence-corrected chi connectivity index (χ0v) is 10.5. The number of thioether (sulfide) groups is 1. The fourth-order valence-corrected chi connectivity index (χ4v) is 2.25. The first kappa shape index (κ1) is 13.7. The molecule has 0 aromatic heterocycles. The maximum atomic E-state index is 13.0. The van der Waals surface area contributed by atoms with Crippen LogP contribution in [0.15, 0.2) is 47.4 Å². The Balaban J connectivity index is 2.00. The Labute approximate surface area is 112 Å². The summed E-state index contributed by atoms with van der Waals surface area (Å²) in [5, 5.41) is 0. The van der Waals surface area contributed by atoms with Gasteiger partial charge in [-0.05, 0) is 42.5 Å². The summed E-state index contributed by atoms with van der Waals surface area (Å²) < 4.78 is 38.4. The van der Waals surface area contributed by atoms with Crippen molar-refractivity contribution in [3.63, 3.8) is 0 Å². The lowest BCUT2D eigenvalue weighted by Gasteiger charge is -2.02. The first-order valence-electron chi connectivity index (χ1n) is 5.43. The third kappa shape index (κ3) is 3.61. The fraction of sp³-hybridized carbons (Fsp3) is 0.0714. The van der Waals surface area contributed by atoms with Crippen molar-refractivity contribution < 1.29 is 18.0 Å². The Morgan fingerprint density at radius 2 is 1.63 bits per heavy atom. The number of ketones is 1. The molecule has 0 amide bonds. The van der Waals surface area contributed by atoms with Crippen LogP contribution >= 0.6 is 11.8 Å². The third-order valence-electron chi connectivity index (χ3n) is 2.43. The van der Waals surface area contributed by atoms with Gasteiger partial charge < -0.3 is 0 Å². The molecule has 0 aliphatic heterocycles. The summed E-state index contributed by atoms with van der Waals surface area (Å²) in [6.45, 7) is 0. The first-order valence-corrected chi connectivity index (χ1v) is 6.41. The first-order chi connectivity index (χ1) is 9.06. The molecule has 98 valence electrons. The predicted molar refractivity (Wildman–Crippen MR) is 67.8 cm³/mol. The summed E-state index contributed by atoms with van der Waals surface area (Å²) >= 11 is 1.10. The number of rotatable bonds is 4. The van der Waals surface area contributed by atoms with E-state index in [1.54, 1.807) is 0 Å². The molecule has 0 saturated heterocycles. The van der Waals surface area contributed by atoms with Crippen molar-refractivity contribution >= 4 is 17.5 Å². The van der Waals surface area contributed by atoms with Crippen LogP contribution in [0.4, 0.5) is 13.2 Å². The summed E-state index contributed by atoms with van der Waals surface area (Å²) in [5.74, 6) is -2.40. The fourth-order valence-electron chi connectivity index (χ4n) is 1.43. The molecule has 0 fully saturated rings. The van der Waals surface area contributed by atoms with Crippen LogP contribution < -0.4 is 0 Å². The Morgan fingerprint density at radius 3 is 2.26 bits per heavy atom. The molecule has 19 heavy (non-hydrogen) atoms. The Bertz CT molecular complexity index is 596. The van der Waals surface area contributed by atoms with Gasteiger partial charge in [0.05, 0.1) is 5.75 Å². The van der Waals surface area contributed by atoms with Crippen molar-refractivity contribution in [2.24, 2.45) is 0 Å². The topological polar surface area (TPSA) is 17.1 Å². The van der Waals surface area contributed by atoms with Gasteiger partial charge >= 0.3 is 0 Å². The number of carbonyl (C=O) groups excluding carboxylic acids is 1. The van der Waals surface area contributed by atoms with Gasteiger partial charge in [-0.15, -0.1) is 11.8 Å². The van der Waals surface area contributed by atoms with Gasteiger partial charge in [0.2, 0.25) is 0 Å². The zero-order chi connectivity index (χ0) is 13.8. The van der Waals surface area contributed by atoms with Crippen LogP contribution in [-0.4, -0.2) is 11.5 Å². The van der Waals surface area contributed by atoms with Gasteiger partial charge in [0.15, 0.2) is 17.4 Å². The lowest BCUT2D eigenvalue weighted by molar-refractivity contribution is 0.102. The number of Topliss-reactive ketones (excluding diaryl/α,β-unsaturated/α-hetero) is 1. The molecule has 0 saturated carbocycles. The highest BCUT2D eigenvalue weighted by Gasteiger charge is 2.08. The van der Waals surface area contributed by atoms with Gasteiger partial charge in [0.1, 0.15) is 5.82 Å². The van der Waals surface area contributed by atoms with Gasteiger partial charge in [-0.25, -0.2) is 13.2 Å². The van der Waals surface area contributed by atoms with E-state index in [0.717, 1.165) is 23.9 Å². The minimum absolute atomic E-state index is 0.0801. The van der Waals surface area contributed by atoms with Gasteiger partial charge in [-0.1, -0.05) is 0 Å². The van der Waals surface area contributed by atoms with E-state index in [2.05, 4.69) is 0 Å². The number of hydrogen-bond donors (Lipinski definition) is 0. The van der Waals surface area contributed by atoms with E-state index in [-0.39, 0.29) is 11.5 Å². The van der Waals surface area contributed by atoms with Gasteiger partial charge in [-0.3, -0.25) is 4.79 Å². The molecule has 2 aromatic rings. The largest absolute Gasteiger partial charge is 0.293 e. The van der Waals surface area contributed by atoms with Crippen LogP contribution in [0.3, 0.4) is 0 Å². The maximum Gasteiger partial charge on any atom is 0.173 e. The zero-order valence-electron chi connectivity index (χ0n) is 9.70. The van der Waals surface area contributed by atoms with Crippen molar-refractivity contribution in [1.29, 1.82) is 0 Å². The van der Waals surface area contributed by atoms with Gasteiger partial charge in [0, 0.05) is 10.5 Å². The summed E-state index contributed by atoms with van der Waals surface area (Å²) in [6.07, 6.45) is 0. The molecule has 0 heterocycles. The number of hydrogen-bond acceptors (Lipinski definition) is 2. The summed E-state index contributed by atoms with van der Waals surface area (Å²) in [5.41, 5.74) is 0.386. The number of halogens is 3. The highest BCUT2D eigenvalue weighted by Crippen LogP contribution is 2.21. The molecule has 0 spiro atoms. The summed E-state index contributed by atoms with van der Waals surface area (Å²) in [6, 6.07) is 8.65. The average Bonchev–Trinajstić information content (AvgIpc) is 2.40. The molecule has 0 aliphatic rings. The molecule has 0 radical (unpaired) electrons. The van der Waals surface area contributed by atoms with Crippen LogP contribution in [0, 0.1) is 17.5 Å². The monoisotopic (exact) mass is 282 g/mol. The second kappa shape index (κ2) is 5.93. The predicted octanol–water partition coefficient (Wildman–Crippen LogP) is 4.08. The van der Waals surface area contributed by atoms with E-state index in [1.807, 2.05) is 0 Å². The molecule has 5 heteroatoms. The molecular weight excluding hydrogens is 273 g/mol. The Hall–Kier alpha value is -1.75. The Morgan fingerprint density at radius 1 is 0.947 bits per heavy atom. The molecule has 0 N–H and O–H groups in total. The number of benzene rings is 2. The van der Waals surface area contributed by atoms with Crippen LogP contribution in [0.25, 0.3) is 0 Å². The van der Waals surface area contributed by atoms with Crippen LogP contribution in [0.5, 0.6) is 0 Å². The number of carbonyl (C=O) groups is 1. The lowest BCUT2D eigenvalue weighted by atomic mass is 10.1. The summed E-state index contributed by atoms with van der Waals surface area (Å²) in [7, 11) is 0. The SMILES string of the molecule is O=C(CSc1ccc(F)c(F)c1)c1ccc(F)cc1. The second-order valence-electron chi connectivity index (χ2n) is 3.79.